The van der Waals surface area contributed by atoms with Crippen molar-refractivity contribution in [3.8, 4) is 0 Å². The van der Waals surface area contributed by atoms with Crippen molar-refractivity contribution < 1.29 is 23.8 Å². The zero-order valence-corrected chi connectivity index (χ0v) is 14.1. The van der Waals surface area contributed by atoms with Crippen LogP contribution < -0.4 is 0 Å². The lowest BCUT2D eigenvalue weighted by Crippen LogP contribution is -2.23. The van der Waals surface area contributed by atoms with E-state index in [4.69, 9.17) is 14.2 Å². The summed E-state index contributed by atoms with van der Waals surface area (Å²) in [6.45, 7) is 5.14. The number of hydrogen-bond donors (Lipinski definition) is 0. The van der Waals surface area contributed by atoms with Crippen LogP contribution in [0.25, 0.3) is 0 Å². The minimum absolute atomic E-state index is 0.0219. The highest BCUT2D eigenvalue weighted by Crippen LogP contribution is 2.13. The number of benzene rings is 1. The lowest BCUT2D eigenvalue weighted by molar-refractivity contribution is -0.154. The molecule has 0 aliphatic rings. The van der Waals surface area contributed by atoms with Crippen molar-refractivity contribution in [1.82, 2.24) is 0 Å². The van der Waals surface area contributed by atoms with Crippen LogP contribution in [0.2, 0.25) is 0 Å². The first kappa shape index (κ1) is 19.2. The Labute approximate surface area is 137 Å². The molecular weight excluding hydrogens is 296 g/mol. The van der Waals surface area contributed by atoms with Crippen molar-refractivity contribution >= 4 is 11.9 Å². The normalized spacial score (nSPS) is 12.0. The lowest BCUT2D eigenvalue weighted by Gasteiger charge is -2.15. The number of ether oxygens (including phenoxy) is 3. The van der Waals surface area contributed by atoms with E-state index in [1.807, 2.05) is 44.2 Å². The van der Waals surface area contributed by atoms with E-state index in [0.717, 1.165) is 5.56 Å². The largest absolute Gasteiger partial charge is 0.469 e. The first-order chi connectivity index (χ1) is 11.0. The standard InChI is InChI=1S/C18H26O5/c1-14(2)12-23-17(19)11-16(18(20)21-3)9-10-22-13-15-7-5-4-6-8-15/h4-8,14,16H,9-13H2,1-3H3. The van der Waals surface area contributed by atoms with E-state index in [2.05, 4.69) is 0 Å². The van der Waals surface area contributed by atoms with Gasteiger partial charge in [-0.2, -0.15) is 0 Å². The van der Waals surface area contributed by atoms with Gasteiger partial charge in [0, 0.05) is 6.61 Å². The molecule has 0 saturated carbocycles. The Hall–Kier alpha value is -1.88. The van der Waals surface area contributed by atoms with Crippen LogP contribution in [0.1, 0.15) is 32.3 Å². The molecule has 0 spiro atoms. The summed E-state index contributed by atoms with van der Waals surface area (Å²) in [4.78, 5) is 23.5. The summed E-state index contributed by atoms with van der Waals surface area (Å²) in [6, 6.07) is 9.78. The van der Waals surface area contributed by atoms with Crippen LogP contribution in [-0.4, -0.2) is 32.3 Å². The minimum Gasteiger partial charge on any atom is -0.469 e. The fourth-order valence-corrected chi connectivity index (χ4v) is 1.98. The maximum Gasteiger partial charge on any atom is 0.309 e. The van der Waals surface area contributed by atoms with Crippen molar-refractivity contribution in [3.63, 3.8) is 0 Å². The Bertz CT molecular complexity index is 470. The van der Waals surface area contributed by atoms with Crippen molar-refractivity contribution in [3.05, 3.63) is 35.9 Å². The van der Waals surface area contributed by atoms with Crippen LogP contribution in [0.3, 0.4) is 0 Å². The SMILES string of the molecule is COC(=O)C(CCOCc1ccccc1)CC(=O)OCC(C)C. The van der Waals surface area contributed by atoms with Gasteiger partial charge in [-0.25, -0.2) is 0 Å². The van der Waals surface area contributed by atoms with Crippen LogP contribution in [0.15, 0.2) is 30.3 Å². The van der Waals surface area contributed by atoms with Gasteiger partial charge in [-0.05, 0) is 17.9 Å². The molecule has 0 bridgehead atoms. The molecule has 1 aromatic carbocycles. The van der Waals surface area contributed by atoms with Crippen LogP contribution in [0.4, 0.5) is 0 Å². The Morgan fingerprint density at radius 1 is 1.13 bits per heavy atom. The molecule has 0 aromatic heterocycles. The zero-order chi connectivity index (χ0) is 17.1. The predicted octanol–water partition coefficient (Wildman–Crippen LogP) is 2.97. The molecule has 0 saturated heterocycles. The van der Waals surface area contributed by atoms with Crippen molar-refractivity contribution in [2.24, 2.45) is 11.8 Å². The first-order valence-corrected chi connectivity index (χ1v) is 7.88. The number of carbonyl (C=O) groups is 2. The average molecular weight is 322 g/mol. The molecule has 23 heavy (non-hydrogen) atoms. The van der Waals surface area contributed by atoms with Crippen LogP contribution >= 0.6 is 0 Å². The minimum atomic E-state index is -0.532. The van der Waals surface area contributed by atoms with Crippen molar-refractivity contribution in [2.45, 2.75) is 33.3 Å². The number of esters is 2. The summed E-state index contributed by atoms with van der Waals surface area (Å²) in [5.74, 6) is -1.05. The van der Waals surface area contributed by atoms with E-state index < -0.39 is 11.9 Å². The zero-order valence-electron chi connectivity index (χ0n) is 14.1. The quantitative estimate of drug-likeness (QED) is 0.489. The smallest absolute Gasteiger partial charge is 0.309 e. The highest BCUT2D eigenvalue weighted by Gasteiger charge is 2.23. The third kappa shape index (κ3) is 8.35. The van der Waals surface area contributed by atoms with Gasteiger partial charge in [0.1, 0.15) is 0 Å². The number of methoxy groups -OCH3 is 1. The predicted molar refractivity (Wildman–Crippen MR) is 86.6 cm³/mol. The Kier molecular flexibility index (Phi) is 8.98. The van der Waals surface area contributed by atoms with Gasteiger partial charge >= 0.3 is 11.9 Å². The van der Waals surface area contributed by atoms with Crippen LogP contribution in [-0.2, 0) is 30.4 Å². The van der Waals surface area contributed by atoms with Crippen molar-refractivity contribution in [1.29, 1.82) is 0 Å². The summed E-state index contributed by atoms with van der Waals surface area (Å²) in [5, 5.41) is 0. The van der Waals surface area contributed by atoms with Gasteiger partial charge in [0.25, 0.3) is 0 Å². The Balaban J connectivity index is 2.36. The van der Waals surface area contributed by atoms with Gasteiger partial charge in [-0.15, -0.1) is 0 Å². The third-order valence-electron chi connectivity index (χ3n) is 3.25. The van der Waals surface area contributed by atoms with E-state index in [1.165, 1.54) is 7.11 Å². The highest BCUT2D eigenvalue weighted by molar-refractivity contribution is 5.79. The van der Waals surface area contributed by atoms with Gasteiger partial charge < -0.3 is 14.2 Å². The topological polar surface area (TPSA) is 61.8 Å². The molecule has 0 heterocycles. The summed E-state index contributed by atoms with van der Waals surface area (Å²) in [6.07, 6.45) is 0.449. The average Bonchev–Trinajstić information content (AvgIpc) is 2.56. The summed E-state index contributed by atoms with van der Waals surface area (Å²) < 4.78 is 15.4. The lowest BCUT2D eigenvalue weighted by atomic mass is 10.0. The fourth-order valence-electron chi connectivity index (χ4n) is 1.98. The molecular formula is C18H26O5. The molecule has 128 valence electrons. The Morgan fingerprint density at radius 2 is 1.83 bits per heavy atom. The van der Waals surface area contributed by atoms with Crippen LogP contribution in [0, 0.1) is 11.8 Å². The van der Waals surface area contributed by atoms with E-state index in [0.29, 0.717) is 26.2 Å². The molecule has 0 radical (unpaired) electrons. The van der Waals surface area contributed by atoms with Gasteiger partial charge in [-0.3, -0.25) is 9.59 Å². The third-order valence-corrected chi connectivity index (χ3v) is 3.25. The molecule has 0 amide bonds. The van der Waals surface area contributed by atoms with Crippen LogP contribution in [0.5, 0.6) is 0 Å². The van der Waals surface area contributed by atoms with Gasteiger partial charge in [0.2, 0.25) is 0 Å². The number of rotatable bonds is 10. The molecule has 0 aliphatic carbocycles. The molecule has 5 heteroatoms. The highest BCUT2D eigenvalue weighted by atomic mass is 16.5. The molecule has 0 fully saturated rings. The Morgan fingerprint density at radius 3 is 2.43 bits per heavy atom. The second-order valence-corrected chi connectivity index (χ2v) is 5.83. The summed E-state index contributed by atoms with van der Waals surface area (Å²) in [7, 11) is 1.32. The number of carbonyl (C=O) groups excluding carboxylic acids is 2. The maximum atomic E-state index is 11.8. The van der Waals surface area contributed by atoms with Gasteiger partial charge in [0.15, 0.2) is 0 Å². The summed E-state index contributed by atoms with van der Waals surface area (Å²) in [5.41, 5.74) is 1.07. The van der Waals surface area contributed by atoms with E-state index in [-0.39, 0.29) is 18.3 Å². The van der Waals surface area contributed by atoms with E-state index in [9.17, 15) is 9.59 Å². The maximum absolute atomic E-state index is 11.8. The monoisotopic (exact) mass is 322 g/mol. The number of hydrogen-bond acceptors (Lipinski definition) is 5. The van der Waals surface area contributed by atoms with Gasteiger partial charge in [-0.1, -0.05) is 44.2 Å². The molecule has 1 rings (SSSR count). The summed E-state index contributed by atoms with van der Waals surface area (Å²) >= 11 is 0. The second kappa shape index (κ2) is 10.8. The van der Waals surface area contributed by atoms with Crippen molar-refractivity contribution in [2.75, 3.05) is 20.3 Å². The second-order valence-electron chi connectivity index (χ2n) is 5.83. The molecule has 5 nitrogen and oxygen atoms in total. The first-order valence-electron chi connectivity index (χ1n) is 7.88. The molecule has 0 N–H and O–H groups in total. The molecule has 1 atom stereocenters. The fraction of sp³-hybridized carbons (Fsp3) is 0.556. The molecule has 1 aromatic rings. The molecule has 1 unspecified atom stereocenters. The molecule has 0 aliphatic heterocycles. The van der Waals surface area contributed by atoms with Gasteiger partial charge in [0.05, 0.1) is 32.7 Å². The van der Waals surface area contributed by atoms with E-state index >= 15 is 0 Å². The van der Waals surface area contributed by atoms with E-state index in [1.54, 1.807) is 0 Å².